The fraction of sp³-hybridized carbons (Fsp3) is 0.235. The summed E-state index contributed by atoms with van der Waals surface area (Å²) in [7, 11) is 0. The fourth-order valence-corrected chi connectivity index (χ4v) is 6.05. The van der Waals surface area contributed by atoms with Crippen molar-refractivity contribution >= 4 is 16.9 Å². The van der Waals surface area contributed by atoms with Crippen molar-refractivity contribution in [3.63, 3.8) is 0 Å². The normalized spacial score (nSPS) is 17.9. The first kappa shape index (κ1) is 26.5. The number of phenols is 1. The Labute approximate surface area is 248 Å². The van der Waals surface area contributed by atoms with Crippen molar-refractivity contribution < 1.29 is 30.6 Å². The van der Waals surface area contributed by atoms with E-state index in [4.69, 9.17) is 14.4 Å². The van der Waals surface area contributed by atoms with E-state index in [1.54, 1.807) is 12.1 Å². The molecule has 4 aromatic carbocycles. The molecule has 2 atom stereocenters. The van der Waals surface area contributed by atoms with Gasteiger partial charge in [-0.1, -0.05) is 80.4 Å². The second-order valence-corrected chi connectivity index (χ2v) is 11.6. The zero-order chi connectivity index (χ0) is 26.9. The molecule has 204 valence electrons. The van der Waals surface area contributed by atoms with Gasteiger partial charge in [-0.2, -0.15) is 0 Å². The molecular formula is C34H30N3O2Pt-. The molecule has 0 aliphatic carbocycles. The van der Waals surface area contributed by atoms with Gasteiger partial charge in [-0.05, 0) is 35.6 Å². The number of phenolic OH excluding ortho intramolecular Hbond substituents is 1. The summed E-state index contributed by atoms with van der Waals surface area (Å²) in [6.45, 7) is 9.56. The Bertz CT molecular complexity index is 1780. The van der Waals surface area contributed by atoms with Crippen LogP contribution in [0.25, 0.3) is 33.7 Å². The monoisotopic (exact) mass is 707 g/mol. The van der Waals surface area contributed by atoms with Crippen LogP contribution in [0.3, 0.4) is 0 Å². The molecule has 5 nitrogen and oxygen atoms in total. The number of fused-ring (bicyclic) bond motifs is 4. The Hall–Kier alpha value is -3.69. The van der Waals surface area contributed by atoms with Crippen molar-refractivity contribution in [3.05, 3.63) is 107 Å². The summed E-state index contributed by atoms with van der Waals surface area (Å²) in [4.78, 5) is 12.4. The smallest absolute Gasteiger partial charge is 0.230 e. The van der Waals surface area contributed by atoms with E-state index in [0.717, 1.165) is 45.7 Å². The topological polar surface area (TPSA) is 61.9 Å². The molecule has 0 saturated heterocycles. The molecule has 3 heterocycles. The number of hydrogen-bond donors (Lipinski definition) is 1. The second-order valence-electron chi connectivity index (χ2n) is 11.6. The zero-order valence-corrected chi connectivity index (χ0v) is 25.2. The van der Waals surface area contributed by atoms with Gasteiger partial charge in [0, 0.05) is 33.2 Å². The van der Waals surface area contributed by atoms with E-state index in [0.29, 0.717) is 11.5 Å². The predicted molar refractivity (Wildman–Crippen MR) is 155 cm³/mol. The van der Waals surface area contributed by atoms with E-state index in [-0.39, 0.29) is 44.3 Å². The molecule has 40 heavy (non-hydrogen) atoms. The predicted octanol–water partition coefficient (Wildman–Crippen LogP) is 7.67. The Morgan fingerprint density at radius 2 is 1.65 bits per heavy atom. The number of hydrogen-bond acceptors (Lipinski definition) is 5. The van der Waals surface area contributed by atoms with Crippen LogP contribution in [0.2, 0.25) is 0 Å². The number of oxazole rings is 1. The summed E-state index contributed by atoms with van der Waals surface area (Å²) in [5.74, 6) is 1.54. The third-order valence-corrected chi connectivity index (χ3v) is 7.92. The molecule has 0 bridgehead atoms. The van der Waals surface area contributed by atoms with E-state index >= 15 is 0 Å². The Balaban J connectivity index is 0.00000289. The fourth-order valence-electron chi connectivity index (χ4n) is 6.05. The minimum atomic E-state index is -0.146. The molecule has 6 heteroatoms. The number of aliphatic imine (C=N–C) groups is 1. The van der Waals surface area contributed by atoms with Crippen LogP contribution in [0, 0.1) is 6.07 Å². The maximum absolute atomic E-state index is 10.5. The van der Waals surface area contributed by atoms with Crippen molar-refractivity contribution in [2.24, 2.45) is 4.99 Å². The SMILES string of the molecule is C[C@@H]1N=C(c2[c-]c(-c3ccc(C(C)(C)C)c4oc(-c5ccccc5O)nc34)ccc2)N2Cc3ccccc3C12.[Pt]. The molecule has 0 amide bonds. The summed E-state index contributed by atoms with van der Waals surface area (Å²) in [6, 6.07) is 30.4. The van der Waals surface area contributed by atoms with Crippen molar-refractivity contribution in [1.29, 1.82) is 0 Å². The van der Waals surface area contributed by atoms with Gasteiger partial charge >= 0.3 is 0 Å². The molecule has 1 unspecified atom stereocenters. The molecule has 1 N–H and O–H groups in total. The number of aromatic nitrogens is 1. The van der Waals surface area contributed by atoms with Gasteiger partial charge in [-0.3, -0.25) is 0 Å². The first-order chi connectivity index (χ1) is 18.8. The van der Waals surface area contributed by atoms with E-state index in [1.807, 2.05) is 12.1 Å². The number of para-hydroxylation sites is 1. The number of amidine groups is 1. The summed E-state index contributed by atoms with van der Waals surface area (Å²) < 4.78 is 6.37. The van der Waals surface area contributed by atoms with Gasteiger partial charge < -0.3 is 19.4 Å². The molecular weight excluding hydrogens is 677 g/mol. The van der Waals surface area contributed by atoms with Gasteiger partial charge in [0.2, 0.25) is 5.89 Å². The summed E-state index contributed by atoms with van der Waals surface area (Å²) >= 11 is 0. The largest absolute Gasteiger partial charge is 0.507 e. The molecule has 2 aliphatic rings. The summed E-state index contributed by atoms with van der Waals surface area (Å²) in [6.07, 6.45) is 0. The molecule has 7 rings (SSSR count). The van der Waals surface area contributed by atoms with Gasteiger partial charge in [0.1, 0.15) is 5.75 Å². The number of nitrogens with zero attached hydrogens (tertiary/aromatic N) is 3. The van der Waals surface area contributed by atoms with Gasteiger partial charge in [0.05, 0.1) is 29.0 Å². The van der Waals surface area contributed by atoms with E-state index < -0.39 is 0 Å². The molecule has 5 aromatic rings. The maximum Gasteiger partial charge on any atom is 0.230 e. The Kier molecular flexibility index (Phi) is 6.46. The minimum absolute atomic E-state index is 0. The molecule has 0 saturated carbocycles. The van der Waals surface area contributed by atoms with Crippen molar-refractivity contribution in [3.8, 4) is 28.3 Å². The average molecular weight is 708 g/mol. The van der Waals surface area contributed by atoms with E-state index in [2.05, 4.69) is 93.3 Å². The Morgan fingerprint density at radius 1 is 0.900 bits per heavy atom. The first-order valence-corrected chi connectivity index (χ1v) is 13.5. The van der Waals surface area contributed by atoms with Crippen LogP contribution in [0.15, 0.2) is 88.3 Å². The molecule has 0 radical (unpaired) electrons. The molecule has 0 fully saturated rings. The maximum atomic E-state index is 10.5. The molecule has 1 aromatic heterocycles. The van der Waals surface area contributed by atoms with Crippen LogP contribution < -0.4 is 0 Å². The number of rotatable bonds is 3. The van der Waals surface area contributed by atoms with Gasteiger partial charge in [-0.25, -0.2) is 4.98 Å². The number of aromatic hydroxyl groups is 1. The third kappa shape index (κ3) is 4.19. The molecule has 0 spiro atoms. The van der Waals surface area contributed by atoms with Crippen molar-refractivity contribution in [1.82, 2.24) is 9.88 Å². The molecule has 2 aliphatic heterocycles. The second kappa shape index (κ2) is 9.74. The van der Waals surface area contributed by atoms with Crippen LogP contribution in [-0.4, -0.2) is 26.9 Å². The van der Waals surface area contributed by atoms with Crippen LogP contribution in [0.1, 0.15) is 56.0 Å². The van der Waals surface area contributed by atoms with Crippen LogP contribution in [0.4, 0.5) is 0 Å². The summed E-state index contributed by atoms with van der Waals surface area (Å²) in [5.41, 5.74) is 8.60. The van der Waals surface area contributed by atoms with Crippen LogP contribution >= 0.6 is 0 Å². The quantitative estimate of drug-likeness (QED) is 0.196. The third-order valence-electron chi connectivity index (χ3n) is 7.92. The van der Waals surface area contributed by atoms with Gasteiger partial charge in [-0.15, -0.1) is 29.8 Å². The number of benzene rings is 4. The van der Waals surface area contributed by atoms with Crippen molar-refractivity contribution in [2.45, 2.75) is 51.7 Å². The van der Waals surface area contributed by atoms with Crippen molar-refractivity contribution in [2.75, 3.05) is 0 Å². The average Bonchev–Trinajstić information content (AvgIpc) is 3.61. The Morgan fingerprint density at radius 3 is 2.45 bits per heavy atom. The zero-order valence-electron chi connectivity index (χ0n) is 22.9. The standard InChI is InChI=1S/C34H30N3O2.Pt/c1-20-30-25-13-6-5-10-23(25)19-37(30)32(35-20)22-12-9-11-21(18-22)24-16-17-27(34(2,3)4)31-29(24)36-33(39-31)26-14-7-8-15-28(26)38;/h5-17,20,30,38H,19H2,1-4H3;/q-1;/t20-,30?;/m0./s1. The minimum Gasteiger partial charge on any atom is -0.507 e. The summed E-state index contributed by atoms with van der Waals surface area (Å²) in [5, 5.41) is 10.5. The van der Waals surface area contributed by atoms with Crippen LogP contribution in [0.5, 0.6) is 5.75 Å². The van der Waals surface area contributed by atoms with Gasteiger partial charge in [0.15, 0.2) is 5.58 Å². The van der Waals surface area contributed by atoms with E-state index in [1.165, 1.54) is 11.1 Å². The first-order valence-electron chi connectivity index (χ1n) is 13.5. The van der Waals surface area contributed by atoms with Crippen LogP contribution in [-0.2, 0) is 33.0 Å². The van der Waals surface area contributed by atoms with Gasteiger partial charge in [0.25, 0.3) is 0 Å². The van der Waals surface area contributed by atoms with E-state index in [9.17, 15) is 5.11 Å².